The molecule has 1 unspecified atom stereocenters. The highest BCUT2D eigenvalue weighted by atomic mass is 127. The van der Waals surface area contributed by atoms with Gasteiger partial charge in [-0.25, -0.2) is 0 Å². The monoisotopic (exact) mass is 537 g/mol. The van der Waals surface area contributed by atoms with Gasteiger partial charge in [-0.1, -0.05) is 36.4 Å². The topological polar surface area (TPSA) is 59.6 Å². The number of hydrogen-bond acceptors (Lipinski definition) is 4. The molecular formula is C26H24IN3S. The van der Waals surface area contributed by atoms with Gasteiger partial charge >= 0.3 is 0 Å². The molecule has 0 amide bonds. The lowest BCUT2D eigenvalue weighted by Crippen LogP contribution is -2.36. The standard InChI is InChI=1S/C26H24IN3S/c1-18(30-26(12-13-28)22-6-3-7-24(31)16-22)25(15-19-8-10-23(27)11-9-19)21-5-2-4-20(14-21)17-29/h2-11,14,16,18,25-26,30-31H,12,15H2,1H3/t18-,25+,26?/m0/s1. The van der Waals surface area contributed by atoms with Gasteiger partial charge in [0.2, 0.25) is 0 Å². The Morgan fingerprint density at radius 2 is 1.68 bits per heavy atom. The number of rotatable bonds is 8. The number of halogens is 1. The molecule has 0 saturated carbocycles. The fourth-order valence-corrected chi connectivity index (χ4v) is 4.43. The maximum absolute atomic E-state index is 9.42. The molecule has 3 nitrogen and oxygen atoms in total. The smallest absolute Gasteiger partial charge is 0.0991 e. The highest BCUT2D eigenvalue weighted by molar-refractivity contribution is 14.1. The molecule has 0 fully saturated rings. The Kier molecular flexibility index (Phi) is 8.54. The van der Waals surface area contributed by atoms with Gasteiger partial charge in [0, 0.05) is 26.5 Å². The van der Waals surface area contributed by atoms with Gasteiger partial charge < -0.3 is 5.32 Å². The van der Waals surface area contributed by atoms with E-state index in [0.29, 0.717) is 12.0 Å². The molecule has 0 radical (unpaired) electrons. The Hall–Kier alpha value is -2.32. The predicted octanol–water partition coefficient (Wildman–Crippen LogP) is 6.41. The molecule has 31 heavy (non-hydrogen) atoms. The molecule has 3 aromatic rings. The van der Waals surface area contributed by atoms with E-state index in [2.05, 4.69) is 89.9 Å². The van der Waals surface area contributed by atoms with E-state index in [-0.39, 0.29) is 18.0 Å². The molecule has 156 valence electrons. The van der Waals surface area contributed by atoms with Crippen LogP contribution in [0.2, 0.25) is 0 Å². The first-order chi connectivity index (χ1) is 15.0. The first-order valence-electron chi connectivity index (χ1n) is 10.2. The van der Waals surface area contributed by atoms with Crippen LogP contribution >= 0.6 is 35.2 Å². The average molecular weight is 537 g/mol. The van der Waals surface area contributed by atoms with Crippen LogP contribution in [-0.4, -0.2) is 6.04 Å². The van der Waals surface area contributed by atoms with E-state index >= 15 is 0 Å². The Morgan fingerprint density at radius 1 is 0.968 bits per heavy atom. The van der Waals surface area contributed by atoms with Gasteiger partial charge in [0.1, 0.15) is 0 Å². The highest BCUT2D eigenvalue weighted by Gasteiger charge is 2.24. The zero-order chi connectivity index (χ0) is 22.2. The van der Waals surface area contributed by atoms with Crippen LogP contribution in [0.25, 0.3) is 0 Å². The summed E-state index contributed by atoms with van der Waals surface area (Å²) >= 11 is 6.77. The summed E-state index contributed by atoms with van der Waals surface area (Å²) in [6.45, 7) is 2.16. The third kappa shape index (κ3) is 6.58. The van der Waals surface area contributed by atoms with Crippen molar-refractivity contribution < 1.29 is 0 Å². The van der Waals surface area contributed by atoms with Gasteiger partial charge in [0.05, 0.1) is 24.1 Å². The molecular weight excluding hydrogens is 513 g/mol. The Morgan fingerprint density at radius 3 is 2.35 bits per heavy atom. The van der Waals surface area contributed by atoms with E-state index in [1.807, 2.05) is 42.5 Å². The molecule has 5 heteroatoms. The summed E-state index contributed by atoms with van der Waals surface area (Å²) in [7, 11) is 0. The van der Waals surface area contributed by atoms with Crippen molar-refractivity contribution in [2.75, 3.05) is 0 Å². The Bertz CT molecular complexity index is 1100. The van der Waals surface area contributed by atoms with Crippen molar-refractivity contribution in [3.05, 3.63) is 98.6 Å². The molecule has 0 bridgehead atoms. The summed E-state index contributed by atoms with van der Waals surface area (Å²) in [5.41, 5.74) is 4.08. The minimum atomic E-state index is -0.0922. The highest BCUT2D eigenvalue weighted by Crippen LogP contribution is 2.29. The van der Waals surface area contributed by atoms with Crippen LogP contribution in [-0.2, 0) is 6.42 Å². The number of thiol groups is 1. The predicted molar refractivity (Wildman–Crippen MR) is 136 cm³/mol. The van der Waals surface area contributed by atoms with Crippen LogP contribution in [0.5, 0.6) is 0 Å². The number of nitriles is 2. The second-order valence-electron chi connectivity index (χ2n) is 7.64. The van der Waals surface area contributed by atoms with Crippen molar-refractivity contribution in [1.29, 1.82) is 10.5 Å². The summed E-state index contributed by atoms with van der Waals surface area (Å²) < 4.78 is 1.20. The molecule has 0 aliphatic carbocycles. The fraction of sp³-hybridized carbons (Fsp3) is 0.231. The van der Waals surface area contributed by atoms with Gasteiger partial charge in [-0.05, 0) is 89.0 Å². The van der Waals surface area contributed by atoms with Gasteiger partial charge in [0.25, 0.3) is 0 Å². The zero-order valence-corrected chi connectivity index (χ0v) is 20.3. The lowest BCUT2D eigenvalue weighted by molar-refractivity contribution is 0.400. The van der Waals surface area contributed by atoms with E-state index in [4.69, 9.17) is 0 Å². The van der Waals surface area contributed by atoms with Gasteiger partial charge in [-0.2, -0.15) is 10.5 Å². The molecule has 1 N–H and O–H groups in total. The van der Waals surface area contributed by atoms with Crippen molar-refractivity contribution in [1.82, 2.24) is 5.32 Å². The van der Waals surface area contributed by atoms with E-state index < -0.39 is 0 Å². The quantitative estimate of drug-likeness (QED) is 0.258. The van der Waals surface area contributed by atoms with Crippen LogP contribution in [0.3, 0.4) is 0 Å². The van der Waals surface area contributed by atoms with Crippen LogP contribution in [0.4, 0.5) is 0 Å². The Balaban J connectivity index is 1.91. The SMILES string of the molecule is C[C@H](NC(CC#N)c1cccc(S)c1)[C@@H](Cc1ccc(I)cc1)c1cccc(C#N)c1. The van der Waals surface area contributed by atoms with Crippen molar-refractivity contribution in [2.45, 2.75) is 42.7 Å². The fourth-order valence-electron chi connectivity index (χ4n) is 3.84. The molecule has 3 rings (SSSR count). The molecule has 0 aliphatic heterocycles. The van der Waals surface area contributed by atoms with E-state index in [1.54, 1.807) is 0 Å². The number of nitrogens with zero attached hydrogens (tertiary/aromatic N) is 2. The molecule has 3 aromatic carbocycles. The minimum Gasteiger partial charge on any atom is -0.306 e. The van der Waals surface area contributed by atoms with E-state index in [0.717, 1.165) is 22.4 Å². The molecule has 0 saturated heterocycles. The van der Waals surface area contributed by atoms with Crippen molar-refractivity contribution in [2.24, 2.45) is 0 Å². The van der Waals surface area contributed by atoms with Crippen LogP contribution in [0.15, 0.2) is 77.7 Å². The molecule has 3 atom stereocenters. The third-order valence-electron chi connectivity index (χ3n) is 5.45. The summed E-state index contributed by atoms with van der Waals surface area (Å²) in [6.07, 6.45) is 1.21. The number of benzene rings is 3. The van der Waals surface area contributed by atoms with Gasteiger partial charge in [0.15, 0.2) is 0 Å². The summed E-state index contributed by atoms with van der Waals surface area (Å²) in [5.74, 6) is 0.147. The lowest BCUT2D eigenvalue weighted by atomic mass is 9.85. The van der Waals surface area contributed by atoms with Crippen LogP contribution in [0, 0.1) is 26.2 Å². The minimum absolute atomic E-state index is 0.0788. The zero-order valence-electron chi connectivity index (χ0n) is 17.3. The number of nitrogens with one attached hydrogen (secondary N) is 1. The van der Waals surface area contributed by atoms with E-state index in [9.17, 15) is 10.5 Å². The second-order valence-corrected chi connectivity index (χ2v) is 9.40. The average Bonchev–Trinajstić information content (AvgIpc) is 2.78. The first kappa shape index (κ1) is 23.3. The maximum Gasteiger partial charge on any atom is 0.0991 e. The molecule has 0 aromatic heterocycles. The second kappa shape index (κ2) is 11.3. The van der Waals surface area contributed by atoms with Crippen molar-refractivity contribution in [3.8, 4) is 12.1 Å². The summed E-state index contributed by atoms with van der Waals surface area (Å²) in [4.78, 5) is 0.882. The molecule has 0 heterocycles. The normalized spacial score (nSPS) is 13.6. The van der Waals surface area contributed by atoms with Crippen LogP contribution in [0.1, 0.15) is 47.6 Å². The van der Waals surface area contributed by atoms with Gasteiger partial charge in [-0.3, -0.25) is 0 Å². The third-order valence-corrected chi connectivity index (χ3v) is 6.45. The van der Waals surface area contributed by atoms with Crippen molar-refractivity contribution >= 4 is 35.2 Å². The van der Waals surface area contributed by atoms with Crippen molar-refractivity contribution in [3.63, 3.8) is 0 Å². The van der Waals surface area contributed by atoms with Crippen LogP contribution < -0.4 is 5.32 Å². The maximum atomic E-state index is 9.42. The molecule has 0 spiro atoms. The summed E-state index contributed by atoms with van der Waals surface area (Å²) in [5, 5.41) is 22.5. The summed E-state index contributed by atoms with van der Waals surface area (Å²) in [6, 6.07) is 28.9. The largest absolute Gasteiger partial charge is 0.306 e. The lowest BCUT2D eigenvalue weighted by Gasteiger charge is -2.30. The van der Waals surface area contributed by atoms with Gasteiger partial charge in [-0.15, -0.1) is 12.6 Å². The van der Waals surface area contributed by atoms with E-state index in [1.165, 1.54) is 9.13 Å². The molecule has 0 aliphatic rings. The Labute approximate surface area is 203 Å². The number of hydrogen-bond donors (Lipinski definition) is 2. The first-order valence-corrected chi connectivity index (χ1v) is 11.7.